The summed E-state index contributed by atoms with van der Waals surface area (Å²) in [5.41, 5.74) is 6.39. The van der Waals surface area contributed by atoms with E-state index in [1.165, 1.54) is 18.2 Å². The molecular weight excluding hydrogens is 245 g/mol. The third kappa shape index (κ3) is 3.04. The van der Waals surface area contributed by atoms with Gasteiger partial charge in [0, 0.05) is 6.04 Å². The number of halogens is 1. The molecule has 1 aliphatic rings. The first kappa shape index (κ1) is 13.8. The van der Waals surface area contributed by atoms with Crippen molar-refractivity contribution in [3.8, 4) is 0 Å². The van der Waals surface area contributed by atoms with Crippen molar-refractivity contribution in [2.75, 3.05) is 17.6 Å². The first-order valence-corrected chi connectivity index (χ1v) is 6.60. The van der Waals surface area contributed by atoms with Gasteiger partial charge in [-0.15, -0.1) is 0 Å². The fourth-order valence-electron chi connectivity index (χ4n) is 2.57. The molecule has 2 unspecified atom stereocenters. The van der Waals surface area contributed by atoms with Crippen molar-refractivity contribution >= 4 is 17.3 Å². The zero-order chi connectivity index (χ0) is 14.0. The molecule has 5 heteroatoms. The van der Waals surface area contributed by atoms with E-state index >= 15 is 0 Å². The maximum atomic E-state index is 12.9. The normalized spacial score (nSPS) is 21.3. The van der Waals surface area contributed by atoms with E-state index in [0.29, 0.717) is 11.7 Å². The minimum atomic E-state index is -0.406. The Labute approximate surface area is 112 Å². The Bertz CT molecular complexity index is 478. The number of carbonyl (C=O) groups is 1. The van der Waals surface area contributed by atoms with Crippen LogP contribution in [-0.2, 0) is 4.79 Å². The second-order valence-electron chi connectivity index (χ2n) is 5.13. The van der Waals surface area contributed by atoms with Crippen LogP contribution in [0.5, 0.6) is 0 Å². The van der Waals surface area contributed by atoms with Gasteiger partial charge >= 0.3 is 0 Å². The number of hydrogen-bond donors (Lipinski definition) is 2. The summed E-state index contributed by atoms with van der Waals surface area (Å²) in [7, 11) is 0. The van der Waals surface area contributed by atoms with Crippen molar-refractivity contribution in [3.05, 3.63) is 24.0 Å². The van der Waals surface area contributed by atoms with Gasteiger partial charge in [-0.2, -0.15) is 0 Å². The molecular formula is C14H20FN3O. The molecule has 1 heterocycles. The molecule has 1 aromatic carbocycles. The number of hydrogen-bond acceptors (Lipinski definition) is 3. The Morgan fingerprint density at radius 1 is 1.58 bits per heavy atom. The van der Waals surface area contributed by atoms with Crippen LogP contribution < -0.4 is 11.1 Å². The van der Waals surface area contributed by atoms with Crippen LogP contribution >= 0.6 is 0 Å². The number of likely N-dealkylation sites (tertiary alicyclic amines) is 1. The third-order valence-electron chi connectivity index (χ3n) is 3.75. The molecule has 2 atom stereocenters. The van der Waals surface area contributed by atoms with E-state index in [2.05, 4.69) is 17.1 Å². The number of nitrogen functional groups attached to an aromatic ring is 1. The largest absolute Gasteiger partial charge is 0.397 e. The number of carbonyl (C=O) groups excluding carboxylic acids is 1. The average Bonchev–Trinajstić information content (AvgIpc) is 2.78. The van der Waals surface area contributed by atoms with Crippen LogP contribution in [0.2, 0.25) is 0 Å². The molecule has 4 nitrogen and oxygen atoms in total. The number of rotatable bonds is 3. The number of amides is 1. The first-order chi connectivity index (χ1) is 8.99. The minimum Gasteiger partial charge on any atom is -0.397 e. The van der Waals surface area contributed by atoms with Gasteiger partial charge in [-0.05, 0) is 51.4 Å². The summed E-state index contributed by atoms with van der Waals surface area (Å²) in [5.74, 6) is -0.510. The van der Waals surface area contributed by atoms with Crippen LogP contribution in [0, 0.1) is 5.82 Å². The summed E-state index contributed by atoms with van der Waals surface area (Å²) < 4.78 is 12.9. The third-order valence-corrected chi connectivity index (χ3v) is 3.75. The fraction of sp³-hybridized carbons (Fsp3) is 0.500. The molecule has 0 saturated carbocycles. The molecule has 0 spiro atoms. The Morgan fingerprint density at radius 2 is 2.32 bits per heavy atom. The summed E-state index contributed by atoms with van der Waals surface area (Å²) in [4.78, 5) is 14.4. The standard InChI is InChI=1S/C14H20FN3O/c1-9-4-3-7-18(9)10(2)14(19)17-13-6-5-11(15)8-12(13)16/h5-6,8-10H,3-4,7,16H2,1-2H3,(H,17,19). The van der Waals surface area contributed by atoms with Crippen LogP contribution in [-0.4, -0.2) is 29.4 Å². The quantitative estimate of drug-likeness (QED) is 0.824. The van der Waals surface area contributed by atoms with E-state index < -0.39 is 5.82 Å². The van der Waals surface area contributed by atoms with Crippen LogP contribution in [0.4, 0.5) is 15.8 Å². The minimum absolute atomic E-state index is 0.105. The number of nitrogens with zero attached hydrogens (tertiary/aromatic N) is 1. The van der Waals surface area contributed by atoms with Gasteiger partial charge in [0.1, 0.15) is 5.82 Å². The molecule has 1 aromatic rings. The average molecular weight is 265 g/mol. The number of benzene rings is 1. The van der Waals surface area contributed by atoms with Crippen LogP contribution in [0.3, 0.4) is 0 Å². The first-order valence-electron chi connectivity index (χ1n) is 6.60. The van der Waals surface area contributed by atoms with Gasteiger partial charge in [-0.1, -0.05) is 0 Å². The van der Waals surface area contributed by atoms with Gasteiger partial charge in [0.25, 0.3) is 0 Å². The smallest absolute Gasteiger partial charge is 0.241 e. The second-order valence-corrected chi connectivity index (χ2v) is 5.13. The maximum absolute atomic E-state index is 12.9. The zero-order valence-electron chi connectivity index (χ0n) is 11.3. The Kier molecular flexibility index (Phi) is 4.04. The molecule has 1 fully saturated rings. The van der Waals surface area contributed by atoms with E-state index in [9.17, 15) is 9.18 Å². The molecule has 0 aromatic heterocycles. The van der Waals surface area contributed by atoms with Gasteiger partial charge in [0.15, 0.2) is 0 Å². The van der Waals surface area contributed by atoms with Gasteiger partial charge in [0.2, 0.25) is 5.91 Å². The number of anilines is 2. The highest BCUT2D eigenvalue weighted by atomic mass is 19.1. The summed E-state index contributed by atoms with van der Waals surface area (Å²) in [6.07, 6.45) is 2.24. The molecule has 2 rings (SSSR count). The van der Waals surface area contributed by atoms with E-state index in [0.717, 1.165) is 19.4 Å². The Hall–Kier alpha value is -1.62. The van der Waals surface area contributed by atoms with Crippen molar-refractivity contribution < 1.29 is 9.18 Å². The molecule has 3 N–H and O–H groups in total. The molecule has 104 valence electrons. The van der Waals surface area contributed by atoms with E-state index in [1.54, 1.807) is 0 Å². The number of nitrogens with one attached hydrogen (secondary N) is 1. The van der Waals surface area contributed by atoms with Crippen molar-refractivity contribution in [2.45, 2.75) is 38.8 Å². The monoisotopic (exact) mass is 265 g/mol. The molecule has 19 heavy (non-hydrogen) atoms. The summed E-state index contributed by atoms with van der Waals surface area (Å²) >= 11 is 0. The van der Waals surface area contributed by atoms with Crippen molar-refractivity contribution in [1.29, 1.82) is 0 Å². The lowest BCUT2D eigenvalue weighted by Crippen LogP contribution is -2.43. The highest BCUT2D eigenvalue weighted by Gasteiger charge is 2.29. The van der Waals surface area contributed by atoms with Gasteiger partial charge in [-0.3, -0.25) is 9.69 Å². The van der Waals surface area contributed by atoms with Gasteiger partial charge in [0.05, 0.1) is 17.4 Å². The Balaban J connectivity index is 2.04. The molecule has 1 aliphatic heterocycles. The maximum Gasteiger partial charge on any atom is 0.241 e. The molecule has 1 amide bonds. The van der Waals surface area contributed by atoms with Crippen molar-refractivity contribution in [2.24, 2.45) is 0 Å². The zero-order valence-corrected chi connectivity index (χ0v) is 11.3. The topological polar surface area (TPSA) is 58.4 Å². The second kappa shape index (κ2) is 5.57. The lowest BCUT2D eigenvalue weighted by molar-refractivity contribution is -0.121. The van der Waals surface area contributed by atoms with E-state index in [4.69, 9.17) is 5.73 Å². The highest BCUT2D eigenvalue weighted by Crippen LogP contribution is 2.22. The van der Waals surface area contributed by atoms with Crippen molar-refractivity contribution in [3.63, 3.8) is 0 Å². The predicted molar refractivity (Wildman–Crippen MR) is 74.3 cm³/mol. The SMILES string of the molecule is CC1CCCN1C(C)C(=O)Nc1ccc(F)cc1N. The van der Waals surface area contributed by atoms with Crippen LogP contribution in [0.1, 0.15) is 26.7 Å². The molecule has 1 saturated heterocycles. The van der Waals surface area contributed by atoms with Gasteiger partial charge in [-0.25, -0.2) is 4.39 Å². The molecule has 0 aliphatic carbocycles. The van der Waals surface area contributed by atoms with Crippen LogP contribution in [0.15, 0.2) is 18.2 Å². The molecule has 0 bridgehead atoms. The van der Waals surface area contributed by atoms with Crippen LogP contribution in [0.25, 0.3) is 0 Å². The Morgan fingerprint density at radius 3 is 2.89 bits per heavy atom. The molecule has 0 radical (unpaired) electrons. The fourth-order valence-corrected chi connectivity index (χ4v) is 2.57. The van der Waals surface area contributed by atoms with Crippen molar-refractivity contribution in [1.82, 2.24) is 4.90 Å². The summed E-state index contributed by atoms with van der Waals surface area (Å²) in [6, 6.07) is 4.20. The van der Waals surface area contributed by atoms with E-state index in [1.807, 2.05) is 6.92 Å². The van der Waals surface area contributed by atoms with E-state index in [-0.39, 0.29) is 17.6 Å². The predicted octanol–water partition coefficient (Wildman–Crippen LogP) is 2.22. The lowest BCUT2D eigenvalue weighted by Gasteiger charge is -2.27. The number of nitrogens with two attached hydrogens (primary N) is 1. The summed E-state index contributed by atoms with van der Waals surface area (Å²) in [5, 5.41) is 2.76. The lowest BCUT2D eigenvalue weighted by atomic mass is 10.2. The highest BCUT2D eigenvalue weighted by molar-refractivity contribution is 5.97. The van der Waals surface area contributed by atoms with Gasteiger partial charge < -0.3 is 11.1 Å². The summed E-state index contributed by atoms with van der Waals surface area (Å²) in [6.45, 7) is 4.95.